The minimum atomic E-state index is -4.44. The lowest BCUT2D eigenvalue weighted by atomic mass is 10.1. The van der Waals surface area contributed by atoms with Crippen molar-refractivity contribution in [2.75, 3.05) is 16.4 Å². The molecular formula is C17H17FN6O3S. The number of hydrogen-bond acceptors (Lipinski definition) is 8. The van der Waals surface area contributed by atoms with E-state index >= 15 is 0 Å². The molecule has 1 heterocycles. The fraction of sp³-hybridized carbons (Fsp3) is 0.118. The topological polar surface area (TPSA) is 143 Å². The standard InChI is InChI=1S/C17H17FN6O3S/c1-2-10-5-3-4-6-13(10)21-17-23-15(18)22-16(24-17)20-11-7-8-14(12(19)9-11)28(25,26)27/h3-9H,2,19H2,1H3,(H,25,26,27)(H2,20,21,22,23,24). The summed E-state index contributed by atoms with van der Waals surface area (Å²) in [7, 11) is -4.44. The molecule has 0 spiro atoms. The minimum absolute atomic E-state index is 0.00146. The monoisotopic (exact) mass is 404 g/mol. The zero-order valence-electron chi connectivity index (χ0n) is 14.7. The lowest BCUT2D eigenvalue weighted by Gasteiger charge is -2.11. The van der Waals surface area contributed by atoms with Gasteiger partial charge in [-0.2, -0.15) is 27.8 Å². The van der Waals surface area contributed by atoms with Crippen molar-refractivity contribution in [3.63, 3.8) is 0 Å². The van der Waals surface area contributed by atoms with Gasteiger partial charge in [0.05, 0.1) is 5.69 Å². The molecule has 0 saturated heterocycles. The van der Waals surface area contributed by atoms with E-state index in [2.05, 4.69) is 25.6 Å². The minimum Gasteiger partial charge on any atom is -0.398 e. The van der Waals surface area contributed by atoms with E-state index in [1.165, 1.54) is 12.1 Å². The van der Waals surface area contributed by atoms with Gasteiger partial charge >= 0.3 is 6.08 Å². The summed E-state index contributed by atoms with van der Waals surface area (Å²) in [5, 5.41) is 5.67. The van der Waals surface area contributed by atoms with Crippen molar-refractivity contribution in [2.45, 2.75) is 18.2 Å². The van der Waals surface area contributed by atoms with Crippen molar-refractivity contribution < 1.29 is 17.4 Å². The van der Waals surface area contributed by atoms with Gasteiger partial charge in [-0.05, 0) is 36.2 Å². The highest BCUT2D eigenvalue weighted by molar-refractivity contribution is 7.86. The first-order chi connectivity index (χ1) is 13.3. The summed E-state index contributed by atoms with van der Waals surface area (Å²) in [4.78, 5) is 10.9. The fourth-order valence-electron chi connectivity index (χ4n) is 2.52. The van der Waals surface area contributed by atoms with Crippen molar-refractivity contribution >= 4 is 39.1 Å². The largest absolute Gasteiger partial charge is 0.398 e. The first kappa shape index (κ1) is 19.5. The molecular weight excluding hydrogens is 387 g/mol. The van der Waals surface area contributed by atoms with E-state index in [-0.39, 0.29) is 17.6 Å². The highest BCUT2D eigenvalue weighted by atomic mass is 32.2. The Kier molecular flexibility index (Phi) is 5.38. The molecule has 0 atom stereocenters. The average Bonchev–Trinajstić information content (AvgIpc) is 2.60. The van der Waals surface area contributed by atoms with Crippen molar-refractivity contribution in [3.8, 4) is 0 Å². The Morgan fingerprint density at radius 1 is 1.07 bits per heavy atom. The molecule has 3 aromatic rings. The number of nitrogens with one attached hydrogen (secondary N) is 2. The Balaban J connectivity index is 1.87. The SMILES string of the molecule is CCc1ccccc1Nc1nc(F)nc(Nc2ccc(S(=O)(=O)O)c(N)c2)n1. The number of rotatable bonds is 6. The molecule has 1 aromatic heterocycles. The van der Waals surface area contributed by atoms with Gasteiger partial charge in [0.25, 0.3) is 10.1 Å². The van der Waals surface area contributed by atoms with Gasteiger partial charge in [0.1, 0.15) is 4.90 Å². The molecule has 0 radical (unpaired) electrons. The Bertz CT molecular complexity index is 1120. The quantitative estimate of drug-likeness (QED) is 0.360. The summed E-state index contributed by atoms with van der Waals surface area (Å²) in [5.74, 6) is -0.110. The first-order valence-corrected chi connectivity index (χ1v) is 9.61. The van der Waals surface area contributed by atoms with Crippen molar-refractivity contribution in [1.82, 2.24) is 15.0 Å². The molecule has 0 bridgehead atoms. The smallest absolute Gasteiger partial charge is 0.315 e. The van der Waals surface area contributed by atoms with Crippen LogP contribution >= 0.6 is 0 Å². The van der Waals surface area contributed by atoms with Gasteiger partial charge in [-0.3, -0.25) is 4.55 Å². The fourth-order valence-corrected chi connectivity index (χ4v) is 3.12. The molecule has 0 aliphatic heterocycles. The Hall–Kier alpha value is -3.31. The third-order valence-electron chi connectivity index (χ3n) is 3.80. The highest BCUT2D eigenvalue weighted by Gasteiger charge is 2.15. The van der Waals surface area contributed by atoms with Gasteiger partial charge in [-0.25, -0.2) is 0 Å². The molecule has 3 rings (SSSR count). The van der Waals surface area contributed by atoms with E-state index in [0.29, 0.717) is 5.69 Å². The molecule has 0 unspecified atom stereocenters. The summed E-state index contributed by atoms with van der Waals surface area (Å²) in [6.45, 7) is 1.99. The second kappa shape index (κ2) is 7.74. The average molecular weight is 404 g/mol. The van der Waals surface area contributed by atoms with Gasteiger partial charge in [0.15, 0.2) is 0 Å². The van der Waals surface area contributed by atoms with Crippen LogP contribution in [-0.2, 0) is 16.5 Å². The molecule has 28 heavy (non-hydrogen) atoms. The molecule has 9 nitrogen and oxygen atoms in total. The lowest BCUT2D eigenvalue weighted by Crippen LogP contribution is -2.08. The Morgan fingerprint density at radius 2 is 1.75 bits per heavy atom. The van der Waals surface area contributed by atoms with E-state index in [0.717, 1.165) is 23.7 Å². The number of nitrogens with zero attached hydrogens (tertiary/aromatic N) is 3. The summed E-state index contributed by atoms with van der Waals surface area (Å²) in [5.41, 5.74) is 7.50. The highest BCUT2D eigenvalue weighted by Crippen LogP contribution is 2.24. The van der Waals surface area contributed by atoms with Crippen LogP contribution in [-0.4, -0.2) is 27.9 Å². The molecule has 0 aliphatic rings. The van der Waals surface area contributed by atoms with E-state index < -0.39 is 21.1 Å². The predicted molar refractivity (Wildman–Crippen MR) is 103 cm³/mol. The Labute approximate surface area is 160 Å². The van der Waals surface area contributed by atoms with Crippen LogP contribution in [0.2, 0.25) is 0 Å². The summed E-state index contributed by atoms with van der Waals surface area (Å²) >= 11 is 0. The number of halogens is 1. The van der Waals surface area contributed by atoms with Crippen LogP contribution in [0.4, 0.5) is 33.3 Å². The van der Waals surface area contributed by atoms with Crippen molar-refractivity contribution in [3.05, 3.63) is 54.1 Å². The maximum atomic E-state index is 13.8. The number of nitrogen functional groups attached to an aromatic ring is 1. The first-order valence-electron chi connectivity index (χ1n) is 8.17. The van der Waals surface area contributed by atoms with Crippen LogP contribution < -0.4 is 16.4 Å². The summed E-state index contributed by atoms with van der Waals surface area (Å²) < 4.78 is 45.3. The normalized spacial score (nSPS) is 11.2. The third kappa shape index (κ3) is 4.50. The van der Waals surface area contributed by atoms with E-state index in [4.69, 9.17) is 10.3 Å². The van der Waals surface area contributed by atoms with E-state index in [9.17, 15) is 12.8 Å². The number of hydrogen-bond donors (Lipinski definition) is 4. The van der Waals surface area contributed by atoms with Crippen LogP contribution in [0.5, 0.6) is 0 Å². The molecule has 0 aliphatic carbocycles. The summed E-state index contributed by atoms with van der Waals surface area (Å²) in [6, 6.07) is 11.2. The van der Waals surface area contributed by atoms with Crippen molar-refractivity contribution in [1.29, 1.82) is 0 Å². The van der Waals surface area contributed by atoms with Gasteiger partial charge in [-0.1, -0.05) is 25.1 Å². The zero-order chi connectivity index (χ0) is 20.3. The van der Waals surface area contributed by atoms with Crippen LogP contribution in [0.1, 0.15) is 12.5 Å². The van der Waals surface area contributed by atoms with Gasteiger partial charge in [0.2, 0.25) is 11.9 Å². The second-order valence-corrected chi connectivity index (χ2v) is 7.13. The summed E-state index contributed by atoms with van der Waals surface area (Å²) in [6.07, 6.45) is -0.238. The van der Waals surface area contributed by atoms with Crippen molar-refractivity contribution in [2.24, 2.45) is 0 Å². The Morgan fingerprint density at radius 3 is 2.39 bits per heavy atom. The van der Waals surface area contributed by atoms with Gasteiger partial charge in [-0.15, -0.1) is 0 Å². The molecule has 146 valence electrons. The molecule has 0 amide bonds. The van der Waals surface area contributed by atoms with Gasteiger partial charge < -0.3 is 16.4 Å². The molecule has 5 N–H and O–H groups in total. The van der Waals surface area contributed by atoms with Crippen LogP contribution in [0.25, 0.3) is 0 Å². The molecule has 2 aromatic carbocycles. The molecule has 0 fully saturated rings. The molecule has 11 heteroatoms. The van der Waals surface area contributed by atoms with E-state index in [1.54, 1.807) is 0 Å². The van der Waals surface area contributed by atoms with Crippen LogP contribution in [0, 0.1) is 6.08 Å². The molecule has 0 saturated carbocycles. The number of para-hydroxylation sites is 1. The second-order valence-electron chi connectivity index (χ2n) is 5.74. The maximum absolute atomic E-state index is 13.8. The maximum Gasteiger partial charge on any atom is 0.315 e. The number of nitrogens with two attached hydrogens (primary N) is 1. The number of anilines is 5. The number of aromatic nitrogens is 3. The lowest BCUT2D eigenvalue weighted by molar-refractivity contribution is 0.483. The number of aryl methyl sites for hydroxylation is 1. The zero-order valence-corrected chi connectivity index (χ0v) is 15.5. The predicted octanol–water partition coefficient (Wildman–Crippen LogP) is 2.89. The van der Waals surface area contributed by atoms with E-state index in [1.807, 2.05) is 31.2 Å². The van der Waals surface area contributed by atoms with Gasteiger partial charge in [0, 0.05) is 11.4 Å². The number of benzene rings is 2. The third-order valence-corrected chi connectivity index (χ3v) is 4.72. The van der Waals surface area contributed by atoms with Crippen LogP contribution in [0.3, 0.4) is 0 Å². The van der Waals surface area contributed by atoms with Crippen LogP contribution in [0.15, 0.2) is 47.4 Å².